The van der Waals surface area contributed by atoms with Gasteiger partial charge in [0.25, 0.3) is 0 Å². The second-order valence-electron chi connectivity index (χ2n) is 4.93. The first-order chi connectivity index (χ1) is 5.70. The molecular weight excluding hydrogens is 144 g/mol. The highest BCUT2D eigenvalue weighted by Crippen LogP contribution is 2.49. The van der Waals surface area contributed by atoms with Gasteiger partial charge in [-0.2, -0.15) is 0 Å². The Morgan fingerprint density at radius 1 is 1.17 bits per heavy atom. The van der Waals surface area contributed by atoms with Gasteiger partial charge in [0.15, 0.2) is 0 Å². The zero-order chi connectivity index (χ0) is 9.03. The Hall–Kier alpha value is 0. The van der Waals surface area contributed by atoms with Crippen molar-refractivity contribution in [2.24, 2.45) is 11.3 Å². The third kappa shape index (κ3) is 2.50. The van der Waals surface area contributed by atoms with Crippen molar-refractivity contribution in [3.05, 3.63) is 0 Å². The molecule has 1 saturated carbocycles. The molecule has 0 bridgehead atoms. The van der Waals surface area contributed by atoms with Crippen LogP contribution in [0.5, 0.6) is 0 Å². The minimum absolute atomic E-state index is 0.733. The summed E-state index contributed by atoms with van der Waals surface area (Å²) in [6.07, 6.45) is 10.2. The highest BCUT2D eigenvalue weighted by Gasteiger charge is 2.37. The molecule has 0 aromatic carbocycles. The smallest absolute Gasteiger partial charge is 0.0323 e. The molecule has 1 aliphatic carbocycles. The van der Waals surface area contributed by atoms with Crippen LogP contribution in [-0.2, 0) is 0 Å². The first-order valence-electron chi connectivity index (χ1n) is 5.70. The molecule has 0 N–H and O–H groups in total. The van der Waals surface area contributed by atoms with E-state index in [1.807, 2.05) is 0 Å². The maximum atomic E-state index is 2.45. The Kier molecular flexibility index (Phi) is 3.61. The molecule has 0 aliphatic heterocycles. The van der Waals surface area contributed by atoms with E-state index in [-0.39, 0.29) is 0 Å². The normalized spacial score (nSPS) is 34.8. The van der Waals surface area contributed by atoms with E-state index >= 15 is 0 Å². The van der Waals surface area contributed by atoms with Gasteiger partial charge in [0, 0.05) is 0 Å². The summed E-state index contributed by atoms with van der Waals surface area (Å²) in [5.74, 6) is 1.08. The molecule has 1 fully saturated rings. The van der Waals surface area contributed by atoms with Crippen LogP contribution >= 0.6 is 0 Å². The van der Waals surface area contributed by atoms with Gasteiger partial charge in [0.05, 0.1) is 0 Å². The largest absolute Gasteiger partial charge is 0.0654 e. The average molecular weight is 168 g/mol. The minimum Gasteiger partial charge on any atom is -0.0654 e. The van der Waals surface area contributed by atoms with Crippen molar-refractivity contribution in [3.8, 4) is 0 Å². The molecule has 0 heterocycles. The fourth-order valence-electron chi connectivity index (χ4n) is 2.51. The van der Waals surface area contributed by atoms with Crippen molar-refractivity contribution in [1.82, 2.24) is 0 Å². The van der Waals surface area contributed by atoms with Crippen LogP contribution in [-0.4, -0.2) is 0 Å². The maximum absolute atomic E-state index is 2.45. The second-order valence-corrected chi connectivity index (χ2v) is 4.93. The summed E-state index contributed by atoms with van der Waals surface area (Å²) in [5.41, 5.74) is 0.733. The molecule has 0 aromatic rings. The van der Waals surface area contributed by atoms with Crippen LogP contribution in [0, 0.1) is 11.3 Å². The predicted octanol–water partition coefficient (Wildman–Crippen LogP) is 4.39. The Morgan fingerprint density at radius 2 is 1.83 bits per heavy atom. The monoisotopic (exact) mass is 168 g/mol. The molecule has 0 saturated heterocycles. The molecule has 0 unspecified atom stereocenters. The number of hydrogen-bond acceptors (Lipinski definition) is 0. The van der Waals surface area contributed by atoms with Crippen LogP contribution in [0.2, 0.25) is 0 Å². The number of rotatable bonds is 5. The Bertz CT molecular complexity index is 120. The molecular formula is C12H24. The highest BCUT2D eigenvalue weighted by atomic mass is 14.4. The van der Waals surface area contributed by atoms with Crippen molar-refractivity contribution in [1.29, 1.82) is 0 Å². The van der Waals surface area contributed by atoms with Gasteiger partial charge in [-0.05, 0) is 24.2 Å². The van der Waals surface area contributed by atoms with E-state index in [0.29, 0.717) is 0 Å². The van der Waals surface area contributed by atoms with Crippen LogP contribution in [0.3, 0.4) is 0 Å². The van der Waals surface area contributed by atoms with Gasteiger partial charge < -0.3 is 0 Å². The van der Waals surface area contributed by atoms with Crippen LogP contribution in [0.4, 0.5) is 0 Å². The summed E-state index contributed by atoms with van der Waals surface area (Å²) in [6, 6.07) is 0. The van der Waals surface area contributed by atoms with E-state index in [0.717, 1.165) is 11.3 Å². The first kappa shape index (κ1) is 10.1. The lowest BCUT2D eigenvalue weighted by Gasteiger charge is -2.45. The van der Waals surface area contributed by atoms with E-state index in [1.165, 1.54) is 44.9 Å². The summed E-state index contributed by atoms with van der Waals surface area (Å²) in [6.45, 7) is 7.07. The lowest BCUT2D eigenvalue weighted by molar-refractivity contribution is 0.0632. The van der Waals surface area contributed by atoms with E-state index < -0.39 is 0 Å². The average Bonchev–Trinajstić information content (AvgIpc) is 2.01. The van der Waals surface area contributed by atoms with Crippen molar-refractivity contribution in [2.45, 2.75) is 65.7 Å². The molecule has 12 heavy (non-hydrogen) atoms. The first-order valence-corrected chi connectivity index (χ1v) is 5.70. The molecule has 0 radical (unpaired) electrons. The summed E-state index contributed by atoms with van der Waals surface area (Å²) in [5, 5.41) is 0. The van der Waals surface area contributed by atoms with Crippen molar-refractivity contribution < 1.29 is 0 Å². The molecule has 1 aliphatic rings. The van der Waals surface area contributed by atoms with Gasteiger partial charge in [-0.3, -0.25) is 0 Å². The quantitative estimate of drug-likeness (QED) is 0.534. The van der Waals surface area contributed by atoms with Crippen molar-refractivity contribution >= 4 is 0 Å². The van der Waals surface area contributed by atoms with Gasteiger partial charge in [-0.25, -0.2) is 0 Å². The minimum atomic E-state index is 0.733. The lowest BCUT2D eigenvalue weighted by atomic mass is 9.60. The van der Waals surface area contributed by atoms with Crippen LogP contribution in [0.15, 0.2) is 0 Å². The standard InChI is InChI=1S/C12H24/c1-4-6-7-8-11-9-12(3,5-2)10-11/h11H,4-10H2,1-3H3. The maximum Gasteiger partial charge on any atom is -0.0323 e. The van der Waals surface area contributed by atoms with Crippen LogP contribution in [0.1, 0.15) is 65.7 Å². The third-order valence-corrected chi connectivity index (χ3v) is 3.63. The zero-order valence-electron chi connectivity index (χ0n) is 9.03. The fourth-order valence-corrected chi connectivity index (χ4v) is 2.51. The molecule has 0 nitrogen and oxygen atoms in total. The number of hydrogen-bond donors (Lipinski definition) is 0. The summed E-state index contributed by atoms with van der Waals surface area (Å²) < 4.78 is 0. The highest BCUT2D eigenvalue weighted by molar-refractivity contribution is 4.88. The molecule has 0 spiro atoms. The van der Waals surface area contributed by atoms with Gasteiger partial charge in [0.2, 0.25) is 0 Å². The van der Waals surface area contributed by atoms with E-state index in [1.54, 1.807) is 0 Å². The van der Waals surface area contributed by atoms with Gasteiger partial charge in [-0.15, -0.1) is 0 Å². The topological polar surface area (TPSA) is 0 Å². The SMILES string of the molecule is CCCCCC1CC(C)(CC)C1. The number of unbranched alkanes of at least 4 members (excludes halogenated alkanes) is 2. The van der Waals surface area contributed by atoms with E-state index in [4.69, 9.17) is 0 Å². The third-order valence-electron chi connectivity index (χ3n) is 3.63. The Morgan fingerprint density at radius 3 is 2.33 bits per heavy atom. The molecule has 1 rings (SSSR count). The van der Waals surface area contributed by atoms with Crippen LogP contribution < -0.4 is 0 Å². The second kappa shape index (κ2) is 4.30. The Balaban J connectivity index is 2.02. The fraction of sp³-hybridized carbons (Fsp3) is 1.00. The van der Waals surface area contributed by atoms with Gasteiger partial charge >= 0.3 is 0 Å². The van der Waals surface area contributed by atoms with Crippen molar-refractivity contribution in [3.63, 3.8) is 0 Å². The molecule has 72 valence electrons. The summed E-state index contributed by atoms with van der Waals surface area (Å²) >= 11 is 0. The molecule has 0 aromatic heterocycles. The van der Waals surface area contributed by atoms with E-state index in [9.17, 15) is 0 Å². The Labute approximate surface area is 77.7 Å². The predicted molar refractivity (Wildman–Crippen MR) is 55.3 cm³/mol. The molecule has 0 atom stereocenters. The zero-order valence-corrected chi connectivity index (χ0v) is 9.03. The van der Waals surface area contributed by atoms with Gasteiger partial charge in [0.1, 0.15) is 0 Å². The van der Waals surface area contributed by atoms with Crippen LogP contribution in [0.25, 0.3) is 0 Å². The lowest BCUT2D eigenvalue weighted by Crippen LogP contribution is -2.33. The summed E-state index contributed by atoms with van der Waals surface area (Å²) in [7, 11) is 0. The molecule has 0 heteroatoms. The molecule has 0 amide bonds. The van der Waals surface area contributed by atoms with Crippen molar-refractivity contribution in [2.75, 3.05) is 0 Å². The van der Waals surface area contributed by atoms with Gasteiger partial charge in [-0.1, -0.05) is 52.9 Å². The van der Waals surface area contributed by atoms with E-state index in [2.05, 4.69) is 20.8 Å². The summed E-state index contributed by atoms with van der Waals surface area (Å²) in [4.78, 5) is 0.